The van der Waals surface area contributed by atoms with Crippen LogP contribution in [0, 0.1) is 0 Å². The van der Waals surface area contributed by atoms with Crippen molar-refractivity contribution in [3.05, 3.63) is 33.8 Å². The molecule has 0 aromatic heterocycles. The predicted octanol–water partition coefficient (Wildman–Crippen LogP) is 2.18. The summed E-state index contributed by atoms with van der Waals surface area (Å²) in [5.74, 6) is 0. The number of hydrogen-bond acceptors (Lipinski definition) is 2. The van der Waals surface area contributed by atoms with Crippen molar-refractivity contribution in [3.8, 4) is 0 Å². The van der Waals surface area contributed by atoms with Gasteiger partial charge in [-0.25, -0.2) is 0 Å². The van der Waals surface area contributed by atoms with Crippen LogP contribution in [-0.4, -0.2) is 24.8 Å². The highest BCUT2D eigenvalue weighted by molar-refractivity contribution is 9.10. The van der Waals surface area contributed by atoms with Crippen LogP contribution in [0.3, 0.4) is 0 Å². The molecule has 0 N–H and O–H groups in total. The summed E-state index contributed by atoms with van der Waals surface area (Å²) in [5, 5.41) is 0. The molecule has 74 valence electrons. The first kappa shape index (κ1) is 9.87. The maximum atomic E-state index is 11.0. The lowest BCUT2D eigenvalue weighted by molar-refractivity contribution is -0.112. The molecule has 1 aromatic carbocycles. The molecule has 0 spiro atoms. The Morgan fingerprint density at radius 3 is 3.07 bits per heavy atom. The van der Waals surface area contributed by atoms with Crippen LogP contribution in [0.1, 0.15) is 17.2 Å². The van der Waals surface area contributed by atoms with Crippen LogP contribution in [-0.2, 0) is 11.2 Å². The van der Waals surface area contributed by atoms with Crippen LogP contribution in [0.5, 0.6) is 0 Å². The van der Waals surface area contributed by atoms with Crippen LogP contribution < -0.4 is 0 Å². The first-order valence-electron chi connectivity index (χ1n) is 4.66. The Kier molecular flexibility index (Phi) is 2.70. The third-order valence-electron chi connectivity index (χ3n) is 2.76. The molecule has 0 saturated carbocycles. The van der Waals surface area contributed by atoms with E-state index in [2.05, 4.69) is 26.9 Å². The number of rotatable bonds is 1. The van der Waals surface area contributed by atoms with Crippen molar-refractivity contribution in [2.75, 3.05) is 13.6 Å². The average molecular weight is 254 g/mol. The minimum atomic E-state index is -0.0631. The number of halogens is 1. The van der Waals surface area contributed by atoms with Gasteiger partial charge in [-0.15, -0.1) is 0 Å². The third-order valence-corrected chi connectivity index (χ3v) is 3.25. The standard InChI is InChI=1S/C11H12BrNO/c1-13-5-4-8-6-9(12)2-3-10(8)11(13)7-14/h2-3,6-7,11H,4-5H2,1H3. The van der Waals surface area contributed by atoms with Gasteiger partial charge in [-0.3, -0.25) is 4.90 Å². The minimum Gasteiger partial charge on any atom is -0.301 e. The first-order valence-corrected chi connectivity index (χ1v) is 5.45. The Balaban J connectivity index is 2.46. The Morgan fingerprint density at radius 2 is 2.36 bits per heavy atom. The van der Waals surface area contributed by atoms with Gasteiger partial charge in [0, 0.05) is 11.0 Å². The highest BCUT2D eigenvalue weighted by atomic mass is 79.9. The monoisotopic (exact) mass is 253 g/mol. The molecule has 0 aliphatic carbocycles. The summed E-state index contributed by atoms with van der Waals surface area (Å²) in [6.07, 6.45) is 2.04. The third kappa shape index (κ3) is 1.62. The molecule has 1 aliphatic heterocycles. The van der Waals surface area contributed by atoms with Crippen molar-refractivity contribution in [1.29, 1.82) is 0 Å². The largest absolute Gasteiger partial charge is 0.301 e. The van der Waals surface area contributed by atoms with Gasteiger partial charge in [-0.05, 0) is 36.7 Å². The molecule has 14 heavy (non-hydrogen) atoms. The maximum Gasteiger partial charge on any atom is 0.141 e. The maximum absolute atomic E-state index is 11.0. The summed E-state index contributed by atoms with van der Waals surface area (Å²) in [6, 6.07) is 6.08. The lowest BCUT2D eigenvalue weighted by Crippen LogP contribution is -2.32. The van der Waals surface area contributed by atoms with Gasteiger partial charge in [-0.1, -0.05) is 22.0 Å². The second-order valence-corrected chi connectivity index (χ2v) is 4.57. The quantitative estimate of drug-likeness (QED) is 0.716. The van der Waals surface area contributed by atoms with Gasteiger partial charge in [0.25, 0.3) is 0 Å². The second kappa shape index (κ2) is 3.83. The molecule has 1 aliphatic rings. The smallest absolute Gasteiger partial charge is 0.141 e. The van der Waals surface area contributed by atoms with E-state index in [0.717, 1.165) is 29.3 Å². The highest BCUT2D eigenvalue weighted by Gasteiger charge is 2.23. The number of likely N-dealkylation sites (N-methyl/N-ethyl adjacent to an activating group) is 1. The molecular formula is C11H12BrNO. The van der Waals surface area contributed by atoms with Crippen molar-refractivity contribution in [3.63, 3.8) is 0 Å². The fourth-order valence-electron chi connectivity index (χ4n) is 1.93. The minimum absolute atomic E-state index is 0.0631. The zero-order chi connectivity index (χ0) is 10.1. The van der Waals surface area contributed by atoms with Crippen molar-refractivity contribution in [2.24, 2.45) is 0 Å². The summed E-state index contributed by atoms with van der Waals surface area (Å²) in [4.78, 5) is 13.1. The Bertz CT molecular complexity index is 364. The molecule has 1 aromatic rings. The second-order valence-electron chi connectivity index (χ2n) is 3.65. The number of nitrogens with zero attached hydrogens (tertiary/aromatic N) is 1. The molecule has 0 saturated heterocycles. The van der Waals surface area contributed by atoms with Gasteiger partial charge in [-0.2, -0.15) is 0 Å². The first-order chi connectivity index (χ1) is 6.72. The van der Waals surface area contributed by atoms with E-state index < -0.39 is 0 Å². The Hall–Kier alpha value is -0.670. The average Bonchev–Trinajstić information content (AvgIpc) is 2.18. The van der Waals surface area contributed by atoms with E-state index in [1.54, 1.807) is 0 Å². The predicted molar refractivity (Wildman–Crippen MR) is 59.3 cm³/mol. The molecule has 1 unspecified atom stereocenters. The molecule has 1 heterocycles. The van der Waals surface area contributed by atoms with Gasteiger partial charge >= 0.3 is 0 Å². The van der Waals surface area contributed by atoms with Gasteiger partial charge in [0.05, 0.1) is 6.04 Å². The van der Waals surface area contributed by atoms with Crippen molar-refractivity contribution < 1.29 is 4.79 Å². The van der Waals surface area contributed by atoms with Crippen molar-refractivity contribution in [1.82, 2.24) is 4.90 Å². The molecular weight excluding hydrogens is 242 g/mol. The van der Waals surface area contributed by atoms with E-state index in [4.69, 9.17) is 0 Å². The summed E-state index contributed by atoms with van der Waals surface area (Å²) in [5.41, 5.74) is 2.44. The summed E-state index contributed by atoms with van der Waals surface area (Å²) >= 11 is 3.45. The van der Waals surface area contributed by atoms with E-state index in [9.17, 15) is 4.79 Å². The van der Waals surface area contributed by atoms with Crippen LogP contribution >= 0.6 is 15.9 Å². The van der Waals surface area contributed by atoms with Crippen LogP contribution in [0.2, 0.25) is 0 Å². The zero-order valence-electron chi connectivity index (χ0n) is 8.03. The SMILES string of the molecule is CN1CCc2cc(Br)ccc2C1C=O. The highest BCUT2D eigenvalue weighted by Crippen LogP contribution is 2.29. The van der Waals surface area contributed by atoms with Gasteiger partial charge in [0.1, 0.15) is 6.29 Å². The Morgan fingerprint density at radius 1 is 1.57 bits per heavy atom. The number of carbonyl (C=O) groups is 1. The number of carbonyl (C=O) groups excluding carboxylic acids is 1. The molecule has 0 radical (unpaired) electrons. The number of hydrogen-bond donors (Lipinski definition) is 0. The lowest BCUT2D eigenvalue weighted by Gasteiger charge is -2.30. The summed E-state index contributed by atoms with van der Waals surface area (Å²) < 4.78 is 1.09. The zero-order valence-corrected chi connectivity index (χ0v) is 9.62. The number of aldehydes is 1. The molecule has 0 bridgehead atoms. The molecule has 0 amide bonds. The van der Waals surface area contributed by atoms with E-state index in [0.29, 0.717) is 0 Å². The van der Waals surface area contributed by atoms with Crippen LogP contribution in [0.25, 0.3) is 0 Å². The van der Waals surface area contributed by atoms with Crippen LogP contribution in [0.4, 0.5) is 0 Å². The Labute approximate surface area is 92.0 Å². The molecule has 0 fully saturated rings. The van der Waals surface area contributed by atoms with Gasteiger partial charge < -0.3 is 4.79 Å². The normalized spacial score (nSPS) is 21.7. The van der Waals surface area contributed by atoms with E-state index in [-0.39, 0.29) is 6.04 Å². The summed E-state index contributed by atoms with van der Waals surface area (Å²) in [7, 11) is 1.99. The number of benzene rings is 1. The van der Waals surface area contributed by atoms with Gasteiger partial charge in [0.2, 0.25) is 0 Å². The van der Waals surface area contributed by atoms with Crippen LogP contribution in [0.15, 0.2) is 22.7 Å². The van der Waals surface area contributed by atoms with E-state index in [1.807, 2.05) is 19.2 Å². The van der Waals surface area contributed by atoms with Crippen molar-refractivity contribution >= 4 is 22.2 Å². The lowest BCUT2D eigenvalue weighted by atomic mass is 9.94. The summed E-state index contributed by atoms with van der Waals surface area (Å²) in [6.45, 7) is 0.951. The number of fused-ring (bicyclic) bond motifs is 1. The van der Waals surface area contributed by atoms with E-state index >= 15 is 0 Å². The van der Waals surface area contributed by atoms with E-state index in [1.165, 1.54) is 5.56 Å². The van der Waals surface area contributed by atoms with Gasteiger partial charge in [0.15, 0.2) is 0 Å². The fraction of sp³-hybridized carbons (Fsp3) is 0.364. The molecule has 2 nitrogen and oxygen atoms in total. The molecule has 2 rings (SSSR count). The fourth-order valence-corrected chi connectivity index (χ4v) is 2.34. The molecule has 3 heteroatoms. The molecule has 1 atom stereocenters. The topological polar surface area (TPSA) is 20.3 Å². The van der Waals surface area contributed by atoms with Crippen molar-refractivity contribution in [2.45, 2.75) is 12.5 Å².